The third-order valence-corrected chi connectivity index (χ3v) is 4.31. The Kier molecular flexibility index (Phi) is 4.25. The Labute approximate surface area is 141 Å². The molecular formula is C17H13BrN2O3. The van der Waals surface area contributed by atoms with Gasteiger partial charge in [0.15, 0.2) is 0 Å². The third kappa shape index (κ3) is 2.90. The first-order valence-electron chi connectivity index (χ1n) is 7.07. The minimum absolute atomic E-state index is 0.141. The lowest BCUT2D eigenvalue weighted by Crippen LogP contribution is -2.38. The van der Waals surface area contributed by atoms with Gasteiger partial charge in [0.05, 0.1) is 16.7 Å². The molecule has 1 aliphatic rings. The monoisotopic (exact) mass is 372 g/mol. The molecule has 2 aromatic carbocycles. The SMILES string of the molecule is O=C(NCCN1C(=O)c2ccccc2C1=O)c1ccccc1Br. The molecule has 0 radical (unpaired) electrons. The molecule has 1 N–H and O–H groups in total. The van der Waals surface area contributed by atoms with E-state index in [1.54, 1.807) is 42.5 Å². The largest absolute Gasteiger partial charge is 0.350 e. The van der Waals surface area contributed by atoms with Crippen LogP contribution in [0.5, 0.6) is 0 Å². The van der Waals surface area contributed by atoms with E-state index in [1.807, 2.05) is 6.07 Å². The van der Waals surface area contributed by atoms with Crippen molar-refractivity contribution in [1.29, 1.82) is 0 Å². The first-order chi connectivity index (χ1) is 11.1. The normalized spacial score (nSPS) is 13.2. The number of carbonyl (C=O) groups excluding carboxylic acids is 3. The van der Waals surface area contributed by atoms with Crippen LogP contribution in [0.25, 0.3) is 0 Å². The van der Waals surface area contributed by atoms with Crippen molar-refractivity contribution < 1.29 is 14.4 Å². The molecule has 0 spiro atoms. The fourth-order valence-corrected chi connectivity index (χ4v) is 2.93. The average molecular weight is 373 g/mol. The van der Waals surface area contributed by atoms with Crippen LogP contribution in [0.2, 0.25) is 0 Å². The Balaban J connectivity index is 1.62. The van der Waals surface area contributed by atoms with Gasteiger partial charge in [-0.25, -0.2) is 0 Å². The van der Waals surface area contributed by atoms with Crippen LogP contribution in [0.1, 0.15) is 31.1 Å². The standard InChI is InChI=1S/C17H13BrN2O3/c18-14-8-4-3-7-13(14)15(21)19-9-10-20-16(22)11-5-1-2-6-12(11)17(20)23/h1-8H,9-10H2,(H,19,21). The maximum atomic E-state index is 12.2. The number of hydrogen-bond acceptors (Lipinski definition) is 3. The number of benzene rings is 2. The molecule has 0 aliphatic carbocycles. The van der Waals surface area contributed by atoms with Crippen molar-refractivity contribution in [1.82, 2.24) is 10.2 Å². The van der Waals surface area contributed by atoms with Crippen LogP contribution in [0.4, 0.5) is 0 Å². The lowest BCUT2D eigenvalue weighted by molar-refractivity contribution is 0.0650. The van der Waals surface area contributed by atoms with Crippen molar-refractivity contribution in [3.8, 4) is 0 Å². The van der Waals surface area contributed by atoms with Gasteiger partial charge in [0, 0.05) is 17.6 Å². The van der Waals surface area contributed by atoms with E-state index in [2.05, 4.69) is 21.2 Å². The molecule has 3 amide bonds. The molecule has 3 rings (SSSR count). The van der Waals surface area contributed by atoms with E-state index in [1.165, 1.54) is 0 Å². The molecule has 1 heterocycles. The minimum atomic E-state index is -0.319. The predicted molar refractivity (Wildman–Crippen MR) is 88.3 cm³/mol. The molecular weight excluding hydrogens is 360 g/mol. The summed E-state index contributed by atoms with van der Waals surface area (Å²) in [5, 5.41) is 2.72. The minimum Gasteiger partial charge on any atom is -0.350 e. The Morgan fingerprint density at radius 1 is 0.957 bits per heavy atom. The number of amides is 3. The topological polar surface area (TPSA) is 66.5 Å². The van der Waals surface area contributed by atoms with Crippen LogP contribution in [0.3, 0.4) is 0 Å². The molecule has 0 unspecified atom stereocenters. The van der Waals surface area contributed by atoms with Gasteiger partial charge in [-0.2, -0.15) is 0 Å². The van der Waals surface area contributed by atoms with Gasteiger partial charge in [-0.3, -0.25) is 19.3 Å². The van der Waals surface area contributed by atoms with Crippen LogP contribution < -0.4 is 5.32 Å². The Morgan fingerprint density at radius 3 is 2.13 bits per heavy atom. The number of imide groups is 1. The molecule has 0 aromatic heterocycles. The molecule has 116 valence electrons. The van der Waals surface area contributed by atoms with E-state index in [-0.39, 0.29) is 30.8 Å². The molecule has 0 atom stereocenters. The van der Waals surface area contributed by atoms with E-state index < -0.39 is 0 Å². The molecule has 0 saturated heterocycles. The first kappa shape index (κ1) is 15.4. The fraction of sp³-hybridized carbons (Fsp3) is 0.118. The zero-order chi connectivity index (χ0) is 16.4. The van der Waals surface area contributed by atoms with E-state index in [4.69, 9.17) is 0 Å². The number of carbonyl (C=O) groups is 3. The summed E-state index contributed by atoms with van der Waals surface area (Å²) >= 11 is 3.31. The summed E-state index contributed by atoms with van der Waals surface area (Å²) in [6, 6.07) is 13.8. The second-order valence-corrected chi connectivity index (χ2v) is 5.90. The summed E-state index contributed by atoms with van der Waals surface area (Å²) < 4.78 is 0.693. The highest BCUT2D eigenvalue weighted by Gasteiger charge is 2.34. The zero-order valence-corrected chi connectivity index (χ0v) is 13.7. The van der Waals surface area contributed by atoms with E-state index in [9.17, 15) is 14.4 Å². The van der Waals surface area contributed by atoms with Crippen molar-refractivity contribution >= 4 is 33.7 Å². The van der Waals surface area contributed by atoms with Gasteiger partial charge in [-0.15, -0.1) is 0 Å². The number of halogens is 1. The summed E-state index contributed by atoms with van der Waals surface area (Å²) in [5.74, 6) is -0.893. The quantitative estimate of drug-likeness (QED) is 0.838. The van der Waals surface area contributed by atoms with Gasteiger partial charge in [0.2, 0.25) is 0 Å². The van der Waals surface area contributed by atoms with Gasteiger partial charge in [0.25, 0.3) is 17.7 Å². The molecule has 5 nitrogen and oxygen atoms in total. The van der Waals surface area contributed by atoms with Gasteiger partial charge in [-0.05, 0) is 40.2 Å². The maximum Gasteiger partial charge on any atom is 0.261 e. The smallest absolute Gasteiger partial charge is 0.261 e. The highest BCUT2D eigenvalue weighted by atomic mass is 79.9. The summed E-state index contributed by atoms with van der Waals surface area (Å²) in [4.78, 5) is 37.6. The average Bonchev–Trinajstić information content (AvgIpc) is 2.80. The number of hydrogen-bond donors (Lipinski definition) is 1. The molecule has 23 heavy (non-hydrogen) atoms. The van der Waals surface area contributed by atoms with Gasteiger partial charge in [0.1, 0.15) is 0 Å². The van der Waals surface area contributed by atoms with E-state index in [0.717, 1.165) is 4.90 Å². The number of nitrogens with zero attached hydrogens (tertiary/aromatic N) is 1. The van der Waals surface area contributed by atoms with E-state index >= 15 is 0 Å². The van der Waals surface area contributed by atoms with E-state index in [0.29, 0.717) is 21.2 Å². The van der Waals surface area contributed by atoms with Crippen molar-refractivity contribution in [2.45, 2.75) is 0 Å². The Morgan fingerprint density at radius 2 is 1.52 bits per heavy atom. The molecule has 0 fully saturated rings. The maximum absolute atomic E-state index is 12.2. The summed E-state index contributed by atoms with van der Waals surface area (Å²) in [6.45, 7) is 0.341. The zero-order valence-electron chi connectivity index (χ0n) is 12.1. The second-order valence-electron chi connectivity index (χ2n) is 5.04. The number of fused-ring (bicyclic) bond motifs is 1. The van der Waals surface area contributed by atoms with Gasteiger partial charge in [-0.1, -0.05) is 24.3 Å². The molecule has 0 bridgehead atoms. The van der Waals surface area contributed by atoms with Crippen molar-refractivity contribution in [2.24, 2.45) is 0 Å². The molecule has 0 saturated carbocycles. The van der Waals surface area contributed by atoms with Crippen LogP contribution in [0, 0.1) is 0 Å². The third-order valence-electron chi connectivity index (χ3n) is 3.62. The van der Waals surface area contributed by atoms with Crippen LogP contribution in [-0.4, -0.2) is 35.7 Å². The fourth-order valence-electron chi connectivity index (χ4n) is 2.46. The summed E-state index contributed by atoms with van der Waals surface area (Å²) in [7, 11) is 0. The van der Waals surface area contributed by atoms with Gasteiger partial charge < -0.3 is 5.32 Å². The molecule has 2 aromatic rings. The van der Waals surface area contributed by atoms with Crippen LogP contribution in [0.15, 0.2) is 53.0 Å². The van der Waals surface area contributed by atoms with Crippen LogP contribution in [-0.2, 0) is 0 Å². The Bertz CT molecular complexity index is 769. The summed E-state index contributed by atoms with van der Waals surface area (Å²) in [5.41, 5.74) is 1.33. The first-order valence-corrected chi connectivity index (χ1v) is 7.87. The summed E-state index contributed by atoms with van der Waals surface area (Å²) in [6.07, 6.45) is 0. The van der Waals surface area contributed by atoms with Crippen LogP contribution >= 0.6 is 15.9 Å². The van der Waals surface area contributed by atoms with Gasteiger partial charge >= 0.3 is 0 Å². The van der Waals surface area contributed by atoms with Crippen molar-refractivity contribution in [3.05, 3.63) is 69.7 Å². The molecule has 1 aliphatic heterocycles. The highest BCUT2D eigenvalue weighted by Crippen LogP contribution is 2.21. The Hall–Kier alpha value is -2.47. The van der Waals surface area contributed by atoms with Crippen molar-refractivity contribution in [3.63, 3.8) is 0 Å². The lowest BCUT2D eigenvalue weighted by atomic mass is 10.1. The lowest BCUT2D eigenvalue weighted by Gasteiger charge is -2.14. The second kappa shape index (κ2) is 6.34. The molecule has 6 heteroatoms. The number of nitrogens with one attached hydrogen (secondary N) is 1. The predicted octanol–water partition coefficient (Wildman–Crippen LogP) is 2.48. The number of rotatable bonds is 4. The highest BCUT2D eigenvalue weighted by molar-refractivity contribution is 9.10. The van der Waals surface area contributed by atoms with Crippen molar-refractivity contribution in [2.75, 3.05) is 13.1 Å².